The number of anilines is 1. The third-order valence-electron chi connectivity index (χ3n) is 4.99. The van der Waals surface area contributed by atoms with Gasteiger partial charge in [0.1, 0.15) is 11.6 Å². The molecule has 28 heavy (non-hydrogen) atoms. The zero-order valence-electron chi connectivity index (χ0n) is 15.8. The van der Waals surface area contributed by atoms with E-state index in [-0.39, 0.29) is 17.4 Å². The molecule has 0 radical (unpaired) electrons. The summed E-state index contributed by atoms with van der Waals surface area (Å²) in [5.74, 6) is -1.25. The number of carbonyl (C=O) groups is 2. The number of amides is 2. The quantitative estimate of drug-likeness (QED) is 0.801. The Morgan fingerprint density at radius 2 is 2.07 bits per heavy atom. The van der Waals surface area contributed by atoms with Crippen LogP contribution in [0.5, 0.6) is 5.75 Å². The van der Waals surface area contributed by atoms with E-state index in [1.54, 1.807) is 12.1 Å². The Labute approximate surface area is 163 Å². The van der Waals surface area contributed by atoms with E-state index in [1.165, 1.54) is 19.2 Å². The van der Waals surface area contributed by atoms with Crippen molar-refractivity contribution in [1.82, 2.24) is 4.90 Å². The highest BCUT2D eigenvalue weighted by atomic mass is 19.1. The zero-order valence-corrected chi connectivity index (χ0v) is 15.8. The summed E-state index contributed by atoms with van der Waals surface area (Å²) < 4.78 is 19.2. The maximum Gasteiger partial charge on any atom is 0.258 e. The predicted molar refractivity (Wildman–Crippen MR) is 105 cm³/mol. The molecule has 0 spiro atoms. The molecule has 7 heteroatoms. The van der Waals surface area contributed by atoms with E-state index >= 15 is 0 Å². The first-order chi connectivity index (χ1) is 13.5. The third kappa shape index (κ3) is 4.67. The van der Waals surface area contributed by atoms with Gasteiger partial charge in [0.2, 0.25) is 5.91 Å². The lowest BCUT2D eigenvalue weighted by Crippen LogP contribution is -2.40. The van der Waals surface area contributed by atoms with Gasteiger partial charge in [-0.25, -0.2) is 4.39 Å². The molecule has 6 nitrogen and oxygen atoms in total. The van der Waals surface area contributed by atoms with Crippen molar-refractivity contribution in [2.75, 3.05) is 25.5 Å². The number of nitrogens with zero attached hydrogens (tertiary/aromatic N) is 1. The number of likely N-dealkylation sites (tertiary alicyclic amines) is 1. The average Bonchev–Trinajstić information content (AvgIpc) is 2.69. The molecular weight excluding hydrogens is 361 g/mol. The summed E-state index contributed by atoms with van der Waals surface area (Å²) in [4.78, 5) is 26.2. The molecule has 1 unspecified atom stereocenters. The van der Waals surface area contributed by atoms with E-state index in [9.17, 15) is 14.0 Å². The molecule has 1 aliphatic rings. The van der Waals surface area contributed by atoms with E-state index in [0.29, 0.717) is 24.5 Å². The monoisotopic (exact) mass is 385 g/mol. The van der Waals surface area contributed by atoms with Gasteiger partial charge in [-0.05, 0) is 43.1 Å². The molecule has 2 aromatic rings. The van der Waals surface area contributed by atoms with Gasteiger partial charge in [0, 0.05) is 24.8 Å². The summed E-state index contributed by atoms with van der Waals surface area (Å²) in [7, 11) is 1.44. The highest BCUT2D eigenvalue weighted by molar-refractivity contribution is 6.04. The number of ether oxygens (including phenoxy) is 1. The van der Waals surface area contributed by atoms with Gasteiger partial charge in [0.15, 0.2) is 0 Å². The summed E-state index contributed by atoms with van der Waals surface area (Å²) in [5.41, 5.74) is 6.91. The standard InChI is InChI=1S/C21H24FN3O3/c1-28-16-8-9-17(18(22)11-16)21(27)24-19-7-3-2-5-14(19)12-25-10-4-6-15(13-25)20(23)26/h2-3,5,7-9,11,15H,4,6,10,12-13H2,1H3,(H2,23,26)(H,24,27). The number of halogens is 1. The van der Waals surface area contributed by atoms with Gasteiger partial charge < -0.3 is 15.8 Å². The van der Waals surface area contributed by atoms with Gasteiger partial charge >= 0.3 is 0 Å². The molecule has 0 aromatic heterocycles. The van der Waals surface area contributed by atoms with Gasteiger partial charge in [-0.2, -0.15) is 0 Å². The lowest BCUT2D eigenvalue weighted by atomic mass is 9.97. The number of hydrogen-bond donors (Lipinski definition) is 2. The number of para-hydroxylation sites is 1. The second kappa shape index (κ2) is 8.84. The van der Waals surface area contributed by atoms with Crippen LogP contribution in [-0.4, -0.2) is 36.9 Å². The molecule has 2 amide bonds. The first-order valence-corrected chi connectivity index (χ1v) is 9.22. The number of carbonyl (C=O) groups excluding carboxylic acids is 2. The third-order valence-corrected chi connectivity index (χ3v) is 4.99. The summed E-state index contributed by atoms with van der Waals surface area (Å²) >= 11 is 0. The van der Waals surface area contributed by atoms with Crippen LogP contribution in [0.2, 0.25) is 0 Å². The Morgan fingerprint density at radius 1 is 1.29 bits per heavy atom. The van der Waals surface area contributed by atoms with Crippen LogP contribution >= 0.6 is 0 Å². The Balaban J connectivity index is 1.73. The second-order valence-corrected chi connectivity index (χ2v) is 6.93. The van der Waals surface area contributed by atoms with E-state index in [2.05, 4.69) is 10.2 Å². The maximum absolute atomic E-state index is 14.2. The molecule has 1 aliphatic heterocycles. The summed E-state index contributed by atoms with van der Waals surface area (Å²) in [6.07, 6.45) is 1.71. The fourth-order valence-electron chi connectivity index (χ4n) is 3.45. The Kier molecular flexibility index (Phi) is 6.26. The van der Waals surface area contributed by atoms with Crippen LogP contribution in [0.3, 0.4) is 0 Å². The number of benzene rings is 2. The zero-order chi connectivity index (χ0) is 20.1. The van der Waals surface area contributed by atoms with E-state index < -0.39 is 11.7 Å². The fraction of sp³-hybridized carbons (Fsp3) is 0.333. The van der Waals surface area contributed by atoms with Crippen LogP contribution in [0.25, 0.3) is 0 Å². The first kappa shape index (κ1) is 19.8. The van der Waals surface area contributed by atoms with Gasteiger partial charge in [-0.1, -0.05) is 18.2 Å². The van der Waals surface area contributed by atoms with Crippen LogP contribution in [0, 0.1) is 11.7 Å². The Morgan fingerprint density at radius 3 is 2.79 bits per heavy atom. The van der Waals surface area contributed by atoms with Gasteiger partial charge in [0.05, 0.1) is 18.6 Å². The van der Waals surface area contributed by atoms with Crippen molar-refractivity contribution >= 4 is 17.5 Å². The Hall–Kier alpha value is -2.93. The molecule has 0 aliphatic carbocycles. The molecule has 2 aromatic carbocycles. The minimum absolute atomic E-state index is 0.0534. The molecular formula is C21H24FN3O3. The van der Waals surface area contributed by atoms with Crippen LogP contribution in [-0.2, 0) is 11.3 Å². The molecule has 1 heterocycles. The van der Waals surface area contributed by atoms with Gasteiger partial charge in [0.25, 0.3) is 5.91 Å². The number of nitrogens with one attached hydrogen (secondary N) is 1. The smallest absolute Gasteiger partial charge is 0.258 e. The number of primary amides is 1. The van der Waals surface area contributed by atoms with E-state index in [1.807, 2.05) is 18.2 Å². The van der Waals surface area contributed by atoms with Crippen molar-refractivity contribution in [3.05, 3.63) is 59.4 Å². The van der Waals surface area contributed by atoms with Crippen LogP contribution in [0.15, 0.2) is 42.5 Å². The van der Waals surface area contributed by atoms with Crippen molar-refractivity contribution in [3.8, 4) is 5.75 Å². The molecule has 3 N–H and O–H groups in total. The molecule has 1 atom stereocenters. The largest absolute Gasteiger partial charge is 0.497 e. The SMILES string of the molecule is COc1ccc(C(=O)Nc2ccccc2CN2CCCC(C(N)=O)C2)c(F)c1. The van der Waals surface area contributed by atoms with Crippen molar-refractivity contribution in [2.24, 2.45) is 11.7 Å². The molecule has 1 saturated heterocycles. The van der Waals surface area contributed by atoms with E-state index in [4.69, 9.17) is 10.5 Å². The number of rotatable bonds is 6. The number of methoxy groups -OCH3 is 1. The van der Waals surface area contributed by atoms with Gasteiger partial charge in [-0.3, -0.25) is 14.5 Å². The van der Waals surface area contributed by atoms with Crippen molar-refractivity contribution in [3.63, 3.8) is 0 Å². The lowest BCUT2D eigenvalue weighted by Gasteiger charge is -2.31. The van der Waals surface area contributed by atoms with E-state index in [0.717, 1.165) is 24.9 Å². The van der Waals surface area contributed by atoms with Crippen molar-refractivity contribution in [1.29, 1.82) is 0 Å². The molecule has 148 valence electrons. The highest BCUT2D eigenvalue weighted by Gasteiger charge is 2.24. The molecule has 0 saturated carbocycles. The normalized spacial score (nSPS) is 17.1. The summed E-state index contributed by atoms with van der Waals surface area (Å²) in [5, 5.41) is 2.79. The fourth-order valence-corrected chi connectivity index (χ4v) is 3.45. The molecule has 0 bridgehead atoms. The average molecular weight is 385 g/mol. The lowest BCUT2D eigenvalue weighted by molar-refractivity contribution is -0.123. The number of hydrogen-bond acceptors (Lipinski definition) is 4. The van der Waals surface area contributed by atoms with Crippen LogP contribution < -0.4 is 15.8 Å². The van der Waals surface area contributed by atoms with Gasteiger partial charge in [-0.15, -0.1) is 0 Å². The topological polar surface area (TPSA) is 84.7 Å². The first-order valence-electron chi connectivity index (χ1n) is 9.22. The Bertz CT molecular complexity index is 872. The maximum atomic E-state index is 14.2. The van der Waals surface area contributed by atoms with Crippen LogP contribution in [0.1, 0.15) is 28.8 Å². The van der Waals surface area contributed by atoms with Crippen LogP contribution in [0.4, 0.5) is 10.1 Å². The number of piperidine rings is 1. The number of nitrogens with two attached hydrogens (primary N) is 1. The van der Waals surface area contributed by atoms with Crippen molar-refractivity contribution in [2.45, 2.75) is 19.4 Å². The summed E-state index contributed by atoms with van der Waals surface area (Å²) in [6, 6.07) is 11.5. The second-order valence-electron chi connectivity index (χ2n) is 6.93. The van der Waals surface area contributed by atoms with Crippen molar-refractivity contribution < 1.29 is 18.7 Å². The molecule has 1 fully saturated rings. The molecule has 3 rings (SSSR count). The summed E-state index contributed by atoms with van der Waals surface area (Å²) in [6.45, 7) is 2.04. The minimum atomic E-state index is -0.644. The predicted octanol–water partition coefficient (Wildman–Crippen LogP) is 2.78. The minimum Gasteiger partial charge on any atom is -0.497 e. The highest BCUT2D eigenvalue weighted by Crippen LogP contribution is 2.23.